The second-order valence-corrected chi connectivity index (χ2v) is 5.17. The number of hydrogen-bond acceptors (Lipinski definition) is 3. The average molecular weight is 322 g/mol. The van der Waals surface area contributed by atoms with E-state index in [0.29, 0.717) is 6.54 Å². The third kappa shape index (κ3) is 3.67. The van der Waals surface area contributed by atoms with Gasteiger partial charge in [0.2, 0.25) is 0 Å². The zero-order valence-electron chi connectivity index (χ0n) is 10.8. The molecule has 0 aromatic carbocycles. The van der Waals surface area contributed by atoms with Crippen molar-refractivity contribution >= 4 is 21.7 Å². The van der Waals surface area contributed by atoms with Crippen LogP contribution in [0.25, 0.3) is 0 Å². The highest BCUT2D eigenvalue weighted by atomic mass is 79.9. The van der Waals surface area contributed by atoms with Crippen LogP contribution >= 0.6 is 15.9 Å². The van der Waals surface area contributed by atoms with Gasteiger partial charge in [-0.1, -0.05) is 13.0 Å². The summed E-state index contributed by atoms with van der Waals surface area (Å²) in [4.78, 5) is 16.1. The van der Waals surface area contributed by atoms with Crippen molar-refractivity contribution in [2.45, 2.75) is 19.9 Å². The van der Waals surface area contributed by atoms with E-state index in [4.69, 9.17) is 0 Å². The van der Waals surface area contributed by atoms with Gasteiger partial charge in [0.25, 0.3) is 5.56 Å². The van der Waals surface area contributed by atoms with Gasteiger partial charge in [-0.2, -0.15) is 0 Å². The number of nitrogens with one attached hydrogen (secondary N) is 1. The molecule has 0 radical (unpaired) electrons. The second-order valence-electron chi connectivity index (χ2n) is 4.25. The molecule has 0 amide bonds. The van der Waals surface area contributed by atoms with Crippen molar-refractivity contribution in [3.05, 3.63) is 57.0 Å². The largest absolute Gasteiger partial charge is 0.370 e. The van der Waals surface area contributed by atoms with Crippen molar-refractivity contribution in [3.8, 4) is 0 Å². The Labute approximate surface area is 120 Å². The molecule has 0 saturated carbocycles. The molecule has 4 nitrogen and oxygen atoms in total. The standard InChI is InChI=1S/C14H16BrN3O/c1-2-7-16-14-11(4-3-8-17-14)9-18-10-12(15)5-6-13(18)19/h3-6,8,10H,2,7,9H2,1H3,(H,16,17). The maximum Gasteiger partial charge on any atom is 0.250 e. The van der Waals surface area contributed by atoms with Crippen LogP contribution in [0.5, 0.6) is 0 Å². The summed E-state index contributed by atoms with van der Waals surface area (Å²) in [6, 6.07) is 7.17. The lowest BCUT2D eigenvalue weighted by Crippen LogP contribution is -2.19. The van der Waals surface area contributed by atoms with Crippen LogP contribution in [0, 0.1) is 0 Å². The summed E-state index contributed by atoms with van der Waals surface area (Å²) >= 11 is 3.38. The molecule has 0 unspecified atom stereocenters. The van der Waals surface area contributed by atoms with Gasteiger partial charge in [-0.25, -0.2) is 4.98 Å². The van der Waals surface area contributed by atoms with E-state index >= 15 is 0 Å². The molecule has 2 aromatic heterocycles. The van der Waals surface area contributed by atoms with E-state index in [-0.39, 0.29) is 5.56 Å². The van der Waals surface area contributed by atoms with Gasteiger partial charge < -0.3 is 9.88 Å². The number of halogens is 1. The number of nitrogens with zero attached hydrogens (tertiary/aromatic N) is 2. The molecule has 0 atom stereocenters. The second kappa shape index (κ2) is 6.52. The van der Waals surface area contributed by atoms with Gasteiger partial charge >= 0.3 is 0 Å². The summed E-state index contributed by atoms with van der Waals surface area (Å²) in [5.41, 5.74) is 0.990. The first-order valence-corrected chi connectivity index (χ1v) is 7.03. The van der Waals surface area contributed by atoms with E-state index in [1.54, 1.807) is 29.1 Å². The minimum atomic E-state index is -0.0199. The topological polar surface area (TPSA) is 46.9 Å². The van der Waals surface area contributed by atoms with Crippen LogP contribution < -0.4 is 10.9 Å². The lowest BCUT2D eigenvalue weighted by atomic mass is 10.2. The molecule has 0 aliphatic rings. The first-order valence-electron chi connectivity index (χ1n) is 6.24. The zero-order chi connectivity index (χ0) is 13.7. The highest BCUT2D eigenvalue weighted by Crippen LogP contribution is 2.13. The van der Waals surface area contributed by atoms with Crippen LogP contribution in [-0.2, 0) is 6.54 Å². The first kappa shape index (κ1) is 13.8. The molecule has 2 aromatic rings. The van der Waals surface area contributed by atoms with Gasteiger partial charge in [0.15, 0.2) is 0 Å². The van der Waals surface area contributed by atoms with E-state index in [2.05, 4.69) is 33.2 Å². The van der Waals surface area contributed by atoms with Crippen molar-refractivity contribution in [2.24, 2.45) is 0 Å². The first-order chi connectivity index (χ1) is 9.20. The molecule has 5 heteroatoms. The fourth-order valence-electron chi connectivity index (χ4n) is 1.78. The Bertz CT molecular complexity index is 610. The van der Waals surface area contributed by atoms with E-state index in [1.807, 2.05) is 12.1 Å². The fraction of sp³-hybridized carbons (Fsp3) is 0.286. The van der Waals surface area contributed by atoms with Gasteiger partial charge in [-0.05, 0) is 34.5 Å². The summed E-state index contributed by atoms with van der Waals surface area (Å²) in [6.07, 6.45) is 4.58. The van der Waals surface area contributed by atoms with Crippen molar-refractivity contribution in [2.75, 3.05) is 11.9 Å². The Kier molecular flexibility index (Phi) is 4.74. The van der Waals surface area contributed by atoms with Gasteiger partial charge in [0.1, 0.15) is 5.82 Å². The molecule has 2 rings (SSSR count). The van der Waals surface area contributed by atoms with Crippen LogP contribution in [0.4, 0.5) is 5.82 Å². The molecule has 100 valence electrons. The summed E-state index contributed by atoms with van der Waals surface area (Å²) < 4.78 is 2.55. The Balaban J connectivity index is 2.27. The van der Waals surface area contributed by atoms with Gasteiger partial charge in [0, 0.05) is 35.0 Å². The summed E-state index contributed by atoms with van der Waals surface area (Å²) in [6.45, 7) is 3.49. The van der Waals surface area contributed by atoms with Crippen molar-refractivity contribution in [1.82, 2.24) is 9.55 Å². The zero-order valence-corrected chi connectivity index (χ0v) is 12.4. The summed E-state index contributed by atoms with van der Waals surface area (Å²) in [7, 11) is 0. The van der Waals surface area contributed by atoms with E-state index in [0.717, 1.165) is 28.8 Å². The molecule has 0 aliphatic heterocycles. The molecular weight excluding hydrogens is 306 g/mol. The molecular formula is C14H16BrN3O. The highest BCUT2D eigenvalue weighted by Gasteiger charge is 2.05. The van der Waals surface area contributed by atoms with E-state index < -0.39 is 0 Å². The van der Waals surface area contributed by atoms with Crippen LogP contribution in [0.2, 0.25) is 0 Å². The number of pyridine rings is 2. The maximum absolute atomic E-state index is 11.8. The SMILES string of the molecule is CCCNc1ncccc1Cn1cc(Br)ccc1=O. The number of aromatic nitrogens is 2. The van der Waals surface area contributed by atoms with Gasteiger partial charge in [-0.15, -0.1) is 0 Å². The molecule has 2 heterocycles. The number of anilines is 1. The molecule has 1 N–H and O–H groups in total. The quantitative estimate of drug-likeness (QED) is 0.921. The maximum atomic E-state index is 11.8. The fourth-order valence-corrected chi connectivity index (χ4v) is 2.16. The van der Waals surface area contributed by atoms with E-state index in [9.17, 15) is 4.79 Å². The minimum absolute atomic E-state index is 0.0199. The third-order valence-corrected chi connectivity index (χ3v) is 3.19. The van der Waals surface area contributed by atoms with Crippen molar-refractivity contribution in [3.63, 3.8) is 0 Å². The molecule has 0 aliphatic carbocycles. The Hall–Kier alpha value is -1.62. The van der Waals surface area contributed by atoms with E-state index in [1.165, 1.54) is 0 Å². The lowest BCUT2D eigenvalue weighted by molar-refractivity contribution is 0.753. The summed E-state index contributed by atoms with van der Waals surface area (Å²) in [5, 5.41) is 3.28. The van der Waals surface area contributed by atoms with Crippen LogP contribution in [-0.4, -0.2) is 16.1 Å². The minimum Gasteiger partial charge on any atom is -0.370 e. The molecule has 0 spiro atoms. The van der Waals surface area contributed by atoms with Crippen LogP contribution in [0.3, 0.4) is 0 Å². The Morgan fingerprint density at radius 2 is 2.21 bits per heavy atom. The molecule has 0 bridgehead atoms. The Morgan fingerprint density at radius 3 is 3.00 bits per heavy atom. The number of hydrogen-bond donors (Lipinski definition) is 1. The molecule has 0 saturated heterocycles. The lowest BCUT2D eigenvalue weighted by Gasteiger charge is -2.11. The Morgan fingerprint density at radius 1 is 1.37 bits per heavy atom. The summed E-state index contributed by atoms with van der Waals surface area (Å²) in [5.74, 6) is 0.844. The van der Waals surface area contributed by atoms with Crippen LogP contribution in [0.1, 0.15) is 18.9 Å². The van der Waals surface area contributed by atoms with Crippen LogP contribution in [0.15, 0.2) is 45.9 Å². The monoisotopic (exact) mass is 321 g/mol. The molecule has 19 heavy (non-hydrogen) atoms. The number of rotatable bonds is 5. The normalized spacial score (nSPS) is 10.4. The smallest absolute Gasteiger partial charge is 0.250 e. The predicted octanol–water partition coefficient (Wildman–Crippen LogP) is 2.88. The highest BCUT2D eigenvalue weighted by molar-refractivity contribution is 9.10. The van der Waals surface area contributed by atoms with Gasteiger partial charge in [0.05, 0.1) is 6.54 Å². The third-order valence-electron chi connectivity index (χ3n) is 2.72. The molecule has 0 fully saturated rings. The average Bonchev–Trinajstić information content (AvgIpc) is 2.42. The van der Waals surface area contributed by atoms with Crippen molar-refractivity contribution in [1.29, 1.82) is 0 Å². The predicted molar refractivity (Wildman–Crippen MR) is 80.5 cm³/mol. The van der Waals surface area contributed by atoms with Gasteiger partial charge in [-0.3, -0.25) is 4.79 Å². The van der Waals surface area contributed by atoms with Crippen molar-refractivity contribution < 1.29 is 0 Å².